The number of amides is 1. The molecular formula is C35H43Cl2N3O4S. The molecule has 0 aliphatic carbocycles. The van der Waals surface area contributed by atoms with Gasteiger partial charge in [0, 0.05) is 31.5 Å². The van der Waals surface area contributed by atoms with Crippen molar-refractivity contribution in [3.8, 4) is 5.75 Å². The van der Waals surface area contributed by atoms with E-state index in [1.54, 1.807) is 4.31 Å². The highest BCUT2D eigenvalue weighted by atomic mass is 35.5. The van der Waals surface area contributed by atoms with E-state index in [0.29, 0.717) is 29.6 Å². The summed E-state index contributed by atoms with van der Waals surface area (Å²) in [6, 6.07) is 21.4. The molecule has 0 saturated carbocycles. The first-order valence-electron chi connectivity index (χ1n) is 15.6. The number of anilines is 1. The lowest BCUT2D eigenvalue weighted by Crippen LogP contribution is -2.46. The van der Waals surface area contributed by atoms with Gasteiger partial charge in [0.15, 0.2) is 0 Å². The van der Waals surface area contributed by atoms with Crippen LogP contribution in [0.15, 0.2) is 66.7 Å². The van der Waals surface area contributed by atoms with E-state index in [-0.39, 0.29) is 23.3 Å². The molecule has 2 aliphatic heterocycles. The smallest absolute Gasteiger partial charge is 0.232 e. The fourth-order valence-electron chi connectivity index (χ4n) is 6.72. The van der Waals surface area contributed by atoms with Gasteiger partial charge < -0.3 is 14.5 Å². The zero-order valence-corrected chi connectivity index (χ0v) is 28.8. The zero-order valence-electron chi connectivity index (χ0n) is 26.5. The topological polar surface area (TPSA) is 70.2 Å². The van der Waals surface area contributed by atoms with Crippen molar-refractivity contribution in [2.45, 2.75) is 57.0 Å². The highest BCUT2D eigenvalue weighted by molar-refractivity contribution is 7.92. The molecule has 0 radical (unpaired) electrons. The van der Waals surface area contributed by atoms with Gasteiger partial charge in [-0.15, -0.1) is 0 Å². The van der Waals surface area contributed by atoms with Crippen LogP contribution in [0.25, 0.3) is 0 Å². The molecule has 45 heavy (non-hydrogen) atoms. The number of carbonyl (C=O) groups excluding carboxylic acids is 1. The van der Waals surface area contributed by atoms with E-state index in [2.05, 4.69) is 11.0 Å². The molecule has 1 atom stereocenters. The number of likely N-dealkylation sites (N-methyl/N-ethyl adjacent to an activating group) is 1. The molecule has 0 N–H and O–H groups in total. The van der Waals surface area contributed by atoms with Gasteiger partial charge in [-0.05, 0) is 99.8 Å². The maximum atomic E-state index is 13.4. The second kappa shape index (κ2) is 13.9. The Kier molecular flexibility index (Phi) is 10.4. The molecule has 1 saturated heterocycles. The summed E-state index contributed by atoms with van der Waals surface area (Å²) in [4.78, 5) is 17.6. The first-order chi connectivity index (χ1) is 21.3. The van der Waals surface area contributed by atoms with Crippen LogP contribution in [0.4, 0.5) is 5.69 Å². The molecule has 2 heterocycles. The minimum atomic E-state index is -3.35. The number of para-hydroxylation sites is 1. The molecule has 1 fully saturated rings. The van der Waals surface area contributed by atoms with Crippen LogP contribution in [-0.4, -0.2) is 76.3 Å². The van der Waals surface area contributed by atoms with Gasteiger partial charge in [-0.25, -0.2) is 8.42 Å². The third-order valence-electron chi connectivity index (χ3n) is 9.16. The number of piperidine rings is 1. The second-order valence-corrected chi connectivity index (χ2v) is 15.6. The van der Waals surface area contributed by atoms with E-state index < -0.39 is 10.0 Å². The quantitative estimate of drug-likeness (QED) is 0.225. The van der Waals surface area contributed by atoms with E-state index in [9.17, 15) is 13.2 Å². The van der Waals surface area contributed by atoms with Crippen molar-refractivity contribution in [1.82, 2.24) is 9.80 Å². The number of hydrogen-bond donors (Lipinski definition) is 0. The van der Waals surface area contributed by atoms with Crippen LogP contribution >= 0.6 is 23.2 Å². The Labute approximate surface area is 278 Å². The van der Waals surface area contributed by atoms with Gasteiger partial charge >= 0.3 is 0 Å². The van der Waals surface area contributed by atoms with E-state index in [4.69, 9.17) is 27.9 Å². The molecule has 2 aliphatic rings. The Morgan fingerprint density at radius 3 is 2.42 bits per heavy atom. The van der Waals surface area contributed by atoms with Crippen molar-refractivity contribution in [3.05, 3.63) is 93.5 Å². The maximum absolute atomic E-state index is 13.4. The first kappa shape index (κ1) is 33.6. The number of halogens is 2. The lowest BCUT2D eigenvalue weighted by molar-refractivity contribution is -0.129. The molecular weight excluding hydrogens is 629 g/mol. The van der Waals surface area contributed by atoms with Crippen molar-refractivity contribution in [1.29, 1.82) is 0 Å². The molecule has 3 aromatic carbocycles. The van der Waals surface area contributed by atoms with Gasteiger partial charge in [0.2, 0.25) is 15.9 Å². The molecule has 7 nitrogen and oxygen atoms in total. The van der Waals surface area contributed by atoms with Crippen LogP contribution in [-0.2, 0) is 26.7 Å². The van der Waals surface area contributed by atoms with Crippen LogP contribution < -0.4 is 9.04 Å². The third-order valence-corrected chi connectivity index (χ3v) is 11.0. The van der Waals surface area contributed by atoms with E-state index in [1.807, 2.05) is 86.5 Å². The van der Waals surface area contributed by atoms with E-state index >= 15 is 0 Å². The van der Waals surface area contributed by atoms with Gasteiger partial charge in [0.1, 0.15) is 5.75 Å². The normalized spacial score (nSPS) is 17.0. The molecule has 1 spiro atoms. The first-order valence-corrected chi connectivity index (χ1v) is 18.2. The number of nitrogens with zero attached hydrogens (tertiary/aromatic N) is 3. The summed E-state index contributed by atoms with van der Waals surface area (Å²) < 4.78 is 32.6. The summed E-state index contributed by atoms with van der Waals surface area (Å²) in [5.74, 6) is 0.866. The Balaban J connectivity index is 1.25. The van der Waals surface area contributed by atoms with Crippen LogP contribution in [0.1, 0.15) is 55.7 Å². The molecule has 5 rings (SSSR count). The average molecular weight is 673 g/mol. The summed E-state index contributed by atoms with van der Waals surface area (Å²) in [6.45, 7) is 7.63. The Hall–Kier alpha value is -2.78. The van der Waals surface area contributed by atoms with Gasteiger partial charge in [-0.1, -0.05) is 59.6 Å². The summed E-state index contributed by atoms with van der Waals surface area (Å²) in [7, 11) is -1.49. The number of carbonyl (C=O) groups is 1. The number of benzene rings is 3. The predicted octanol–water partition coefficient (Wildman–Crippen LogP) is 6.77. The van der Waals surface area contributed by atoms with Crippen molar-refractivity contribution in [2.75, 3.05) is 50.3 Å². The summed E-state index contributed by atoms with van der Waals surface area (Å²) in [5.41, 5.74) is 3.77. The predicted molar refractivity (Wildman–Crippen MR) is 183 cm³/mol. The zero-order chi connectivity index (χ0) is 32.4. The minimum absolute atomic E-state index is 0.0389. The highest BCUT2D eigenvalue weighted by Crippen LogP contribution is 2.48. The Bertz CT molecular complexity index is 1620. The van der Waals surface area contributed by atoms with Crippen molar-refractivity contribution >= 4 is 44.8 Å². The van der Waals surface area contributed by atoms with Crippen molar-refractivity contribution in [3.63, 3.8) is 0 Å². The maximum Gasteiger partial charge on any atom is 0.232 e. The van der Waals surface area contributed by atoms with Crippen LogP contribution in [0.3, 0.4) is 0 Å². The number of ether oxygens (including phenoxy) is 1. The summed E-state index contributed by atoms with van der Waals surface area (Å²) in [5, 5.41) is 1.01. The number of sulfonamides is 1. The molecule has 1 amide bonds. The number of rotatable bonds is 11. The van der Waals surface area contributed by atoms with Crippen molar-refractivity contribution < 1.29 is 17.9 Å². The molecule has 0 bridgehead atoms. The Morgan fingerprint density at radius 2 is 1.73 bits per heavy atom. The largest absolute Gasteiger partial charge is 0.491 e. The van der Waals surface area contributed by atoms with E-state index in [0.717, 1.165) is 67.0 Å². The molecule has 242 valence electrons. The van der Waals surface area contributed by atoms with Crippen LogP contribution in [0, 0.1) is 0 Å². The lowest BCUT2D eigenvalue weighted by atomic mass is 9.74. The minimum Gasteiger partial charge on any atom is -0.491 e. The highest BCUT2D eigenvalue weighted by Gasteiger charge is 2.46. The third kappa shape index (κ3) is 7.97. The van der Waals surface area contributed by atoms with Gasteiger partial charge in [-0.2, -0.15) is 0 Å². The SMILES string of the molecule is CC(C)Oc1cccc(CC(=O)N(C)CC(CCN2CCC3(CC2)CN(S(C)(=O)=O)c2ccccc23)c2ccc(Cl)c(Cl)c2)c1. The fraction of sp³-hybridized carbons (Fsp3) is 0.457. The van der Waals surface area contributed by atoms with Gasteiger partial charge in [0.05, 0.1) is 34.5 Å². The monoisotopic (exact) mass is 671 g/mol. The molecule has 0 aromatic heterocycles. The summed E-state index contributed by atoms with van der Waals surface area (Å²) in [6.07, 6.45) is 4.28. The number of hydrogen-bond acceptors (Lipinski definition) is 5. The molecule has 1 unspecified atom stereocenters. The molecule has 3 aromatic rings. The van der Waals surface area contributed by atoms with Gasteiger partial charge in [0.25, 0.3) is 0 Å². The number of fused-ring (bicyclic) bond motifs is 2. The molecule has 10 heteroatoms. The van der Waals surface area contributed by atoms with Crippen LogP contribution in [0.2, 0.25) is 10.0 Å². The average Bonchev–Trinajstić information content (AvgIpc) is 3.32. The second-order valence-electron chi connectivity index (χ2n) is 12.8. The van der Waals surface area contributed by atoms with Crippen LogP contribution in [0.5, 0.6) is 5.75 Å². The summed E-state index contributed by atoms with van der Waals surface area (Å²) >= 11 is 12.7. The van der Waals surface area contributed by atoms with E-state index in [1.165, 1.54) is 6.26 Å². The van der Waals surface area contributed by atoms with Gasteiger partial charge in [-0.3, -0.25) is 9.10 Å². The standard InChI is InChI=1S/C35H43Cl2N3O4S/c1-25(2)44-29-9-7-8-26(20-29)21-34(41)38(3)23-28(27-12-13-31(36)32(37)22-27)14-17-39-18-15-35(16-19-39)24-40(45(4,42)43)33-11-6-5-10-30(33)35/h5-13,20,22,25,28H,14-19,21,23-24H2,1-4H3. The number of likely N-dealkylation sites (tertiary alicyclic amines) is 1. The Morgan fingerprint density at radius 1 is 1.00 bits per heavy atom. The lowest BCUT2D eigenvalue weighted by Gasteiger charge is -2.40. The van der Waals surface area contributed by atoms with Crippen molar-refractivity contribution in [2.24, 2.45) is 0 Å². The fourth-order valence-corrected chi connectivity index (χ4v) is 8.03.